The van der Waals surface area contributed by atoms with E-state index in [9.17, 15) is 4.79 Å². The molecule has 1 fully saturated rings. The second-order valence-electron chi connectivity index (χ2n) is 5.82. The second kappa shape index (κ2) is 8.03. The van der Waals surface area contributed by atoms with Crippen molar-refractivity contribution < 1.29 is 9.53 Å². The van der Waals surface area contributed by atoms with Gasteiger partial charge in [0.15, 0.2) is 0 Å². The Morgan fingerprint density at radius 2 is 1.95 bits per heavy atom. The zero-order valence-electron chi connectivity index (χ0n) is 13.2. The highest BCUT2D eigenvalue weighted by Gasteiger charge is 2.17. The fourth-order valence-electron chi connectivity index (χ4n) is 2.79. The molecule has 0 atom stereocenters. The maximum atomic E-state index is 12.3. The average Bonchev–Trinajstić information content (AvgIpc) is 2.76. The van der Waals surface area contributed by atoms with Crippen LogP contribution in [-0.2, 0) is 11.3 Å². The number of hydrogen-bond acceptors (Lipinski definition) is 3. The Labute approximate surface area is 127 Å². The molecule has 0 bridgehead atoms. The van der Waals surface area contributed by atoms with Crippen molar-refractivity contribution in [3.05, 3.63) is 29.8 Å². The van der Waals surface area contributed by atoms with Crippen LogP contribution < -0.4 is 4.74 Å². The van der Waals surface area contributed by atoms with Gasteiger partial charge in [0.05, 0.1) is 13.7 Å². The molecular formula is C17H26N2O2. The highest BCUT2D eigenvalue weighted by Crippen LogP contribution is 2.14. The van der Waals surface area contributed by atoms with Gasteiger partial charge >= 0.3 is 0 Å². The molecule has 1 amide bonds. The van der Waals surface area contributed by atoms with Crippen molar-refractivity contribution in [1.82, 2.24) is 9.80 Å². The van der Waals surface area contributed by atoms with Crippen LogP contribution in [0.25, 0.3) is 0 Å². The zero-order valence-corrected chi connectivity index (χ0v) is 13.2. The zero-order chi connectivity index (χ0) is 15.1. The number of likely N-dealkylation sites (N-methyl/N-ethyl adjacent to an activating group) is 1. The van der Waals surface area contributed by atoms with Gasteiger partial charge in [-0.15, -0.1) is 0 Å². The summed E-state index contributed by atoms with van der Waals surface area (Å²) in [5, 5.41) is 0. The Morgan fingerprint density at radius 1 is 1.24 bits per heavy atom. The lowest BCUT2D eigenvalue weighted by Gasteiger charge is -2.24. The smallest absolute Gasteiger partial charge is 0.236 e. The summed E-state index contributed by atoms with van der Waals surface area (Å²) in [5.41, 5.74) is 1.17. The minimum atomic E-state index is 0.252. The van der Waals surface area contributed by atoms with E-state index in [0.29, 0.717) is 6.54 Å². The van der Waals surface area contributed by atoms with Gasteiger partial charge in [-0.3, -0.25) is 9.69 Å². The van der Waals surface area contributed by atoms with Gasteiger partial charge in [-0.1, -0.05) is 25.0 Å². The third kappa shape index (κ3) is 5.05. The predicted octanol–water partition coefficient (Wildman–Crippen LogP) is 2.53. The van der Waals surface area contributed by atoms with Crippen molar-refractivity contribution in [2.24, 2.45) is 0 Å². The molecule has 0 N–H and O–H groups in total. The standard InChI is InChI=1S/C17H26N2O2/c1-18(13-15-8-7-9-16(12-15)21-2)14-17(20)19-10-5-3-4-6-11-19/h7-9,12H,3-6,10-11,13-14H2,1-2H3. The van der Waals surface area contributed by atoms with E-state index in [-0.39, 0.29) is 5.91 Å². The van der Waals surface area contributed by atoms with E-state index >= 15 is 0 Å². The molecule has 4 heteroatoms. The maximum Gasteiger partial charge on any atom is 0.236 e. The van der Waals surface area contributed by atoms with Crippen molar-refractivity contribution in [3.8, 4) is 5.75 Å². The summed E-state index contributed by atoms with van der Waals surface area (Å²) >= 11 is 0. The molecule has 0 saturated carbocycles. The van der Waals surface area contributed by atoms with Crippen LogP contribution in [0.15, 0.2) is 24.3 Å². The summed E-state index contributed by atoms with van der Waals surface area (Å²) in [6, 6.07) is 8.01. The molecule has 1 saturated heterocycles. The molecule has 0 aromatic heterocycles. The number of amides is 1. The number of nitrogens with zero attached hydrogens (tertiary/aromatic N) is 2. The van der Waals surface area contributed by atoms with Crippen LogP contribution in [0, 0.1) is 0 Å². The molecule has 0 spiro atoms. The molecule has 1 aliphatic rings. The van der Waals surface area contributed by atoms with Crippen LogP contribution in [0.1, 0.15) is 31.2 Å². The third-order valence-electron chi connectivity index (χ3n) is 3.95. The third-order valence-corrected chi connectivity index (χ3v) is 3.95. The topological polar surface area (TPSA) is 32.8 Å². The highest BCUT2D eigenvalue weighted by molar-refractivity contribution is 5.78. The highest BCUT2D eigenvalue weighted by atomic mass is 16.5. The fraction of sp³-hybridized carbons (Fsp3) is 0.588. The van der Waals surface area contributed by atoms with Gasteiger partial charge in [0.1, 0.15) is 5.75 Å². The molecule has 21 heavy (non-hydrogen) atoms. The second-order valence-corrected chi connectivity index (χ2v) is 5.82. The predicted molar refractivity (Wildman–Crippen MR) is 84.4 cm³/mol. The summed E-state index contributed by atoms with van der Waals surface area (Å²) in [6.45, 7) is 3.09. The van der Waals surface area contributed by atoms with E-state index in [0.717, 1.165) is 38.2 Å². The van der Waals surface area contributed by atoms with E-state index in [2.05, 4.69) is 11.0 Å². The van der Waals surface area contributed by atoms with E-state index in [1.165, 1.54) is 18.4 Å². The largest absolute Gasteiger partial charge is 0.497 e. The molecule has 2 rings (SSSR count). The van der Waals surface area contributed by atoms with Crippen LogP contribution in [0.2, 0.25) is 0 Å². The molecule has 0 aliphatic carbocycles. The van der Waals surface area contributed by atoms with Crippen LogP contribution in [-0.4, -0.2) is 49.5 Å². The van der Waals surface area contributed by atoms with Crippen LogP contribution in [0.5, 0.6) is 5.75 Å². The molecule has 4 nitrogen and oxygen atoms in total. The van der Waals surface area contributed by atoms with Gasteiger partial charge in [-0.25, -0.2) is 0 Å². The Morgan fingerprint density at radius 3 is 2.62 bits per heavy atom. The number of carbonyl (C=O) groups excluding carboxylic acids is 1. The summed E-state index contributed by atoms with van der Waals surface area (Å²) in [4.78, 5) is 16.4. The van der Waals surface area contributed by atoms with Crippen molar-refractivity contribution in [2.75, 3.05) is 33.8 Å². The van der Waals surface area contributed by atoms with Crippen molar-refractivity contribution in [2.45, 2.75) is 32.2 Å². The Hall–Kier alpha value is -1.55. The number of hydrogen-bond donors (Lipinski definition) is 0. The van der Waals surface area contributed by atoms with Gasteiger partial charge in [-0.05, 0) is 37.6 Å². The van der Waals surface area contributed by atoms with Crippen LogP contribution in [0.4, 0.5) is 0 Å². The first-order valence-electron chi connectivity index (χ1n) is 7.78. The quantitative estimate of drug-likeness (QED) is 0.835. The van der Waals surface area contributed by atoms with E-state index in [4.69, 9.17) is 4.74 Å². The molecule has 0 radical (unpaired) electrons. The van der Waals surface area contributed by atoms with Gasteiger partial charge in [0.25, 0.3) is 0 Å². The Balaban J connectivity index is 1.85. The monoisotopic (exact) mass is 290 g/mol. The Bertz CT molecular complexity index is 454. The lowest BCUT2D eigenvalue weighted by atomic mass is 10.2. The van der Waals surface area contributed by atoms with Gasteiger partial charge in [0, 0.05) is 19.6 Å². The molecule has 116 valence electrons. The molecule has 1 aromatic carbocycles. The SMILES string of the molecule is COc1cccc(CN(C)CC(=O)N2CCCCCC2)c1. The fourth-order valence-corrected chi connectivity index (χ4v) is 2.79. The van der Waals surface area contributed by atoms with Gasteiger partial charge in [0.2, 0.25) is 5.91 Å². The summed E-state index contributed by atoms with van der Waals surface area (Å²) in [5.74, 6) is 1.11. The number of benzene rings is 1. The lowest BCUT2D eigenvalue weighted by Crippen LogP contribution is -2.39. The molecule has 1 heterocycles. The minimum Gasteiger partial charge on any atom is -0.497 e. The maximum absolute atomic E-state index is 12.3. The minimum absolute atomic E-state index is 0.252. The lowest BCUT2D eigenvalue weighted by molar-refractivity contribution is -0.132. The Kier molecular flexibility index (Phi) is 6.05. The molecule has 1 aliphatic heterocycles. The number of likely N-dealkylation sites (tertiary alicyclic amines) is 1. The van der Waals surface area contributed by atoms with Crippen LogP contribution >= 0.6 is 0 Å². The molecule has 0 unspecified atom stereocenters. The molecule has 1 aromatic rings. The molecular weight excluding hydrogens is 264 g/mol. The number of ether oxygens (including phenoxy) is 1. The normalized spacial score (nSPS) is 15.9. The van der Waals surface area contributed by atoms with E-state index in [1.54, 1.807) is 7.11 Å². The van der Waals surface area contributed by atoms with E-state index < -0.39 is 0 Å². The summed E-state index contributed by atoms with van der Waals surface area (Å²) in [7, 11) is 3.67. The van der Waals surface area contributed by atoms with Crippen molar-refractivity contribution in [1.29, 1.82) is 0 Å². The first kappa shape index (κ1) is 15.8. The average molecular weight is 290 g/mol. The summed E-state index contributed by atoms with van der Waals surface area (Å²) in [6.07, 6.45) is 4.80. The number of carbonyl (C=O) groups is 1. The summed E-state index contributed by atoms with van der Waals surface area (Å²) < 4.78 is 5.23. The van der Waals surface area contributed by atoms with Gasteiger partial charge in [-0.2, -0.15) is 0 Å². The van der Waals surface area contributed by atoms with Crippen molar-refractivity contribution >= 4 is 5.91 Å². The number of rotatable bonds is 5. The van der Waals surface area contributed by atoms with Crippen molar-refractivity contribution in [3.63, 3.8) is 0 Å². The first-order valence-corrected chi connectivity index (χ1v) is 7.78. The first-order chi connectivity index (χ1) is 10.2. The van der Waals surface area contributed by atoms with E-state index in [1.807, 2.05) is 30.1 Å². The van der Waals surface area contributed by atoms with Crippen LogP contribution in [0.3, 0.4) is 0 Å². The van der Waals surface area contributed by atoms with Gasteiger partial charge < -0.3 is 9.64 Å². The number of methoxy groups -OCH3 is 1.